The van der Waals surface area contributed by atoms with E-state index in [1.165, 1.54) is 0 Å². The van der Waals surface area contributed by atoms with Gasteiger partial charge in [-0.15, -0.1) is 0 Å². The zero-order valence-corrected chi connectivity index (χ0v) is 6.92. The van der Waals surface area contributed by atoms with E-state index < -0.39 is 6.04 Å². The van der Waals surface area contributed by atoms with Crippen molar-refractivity contribution in [3.05, 3.63) is 0 Å². The van der Waals surface area contributed by atoms with Crippen LogP contribution in [0.2, 0.25) is 0 Å². The summed E-state index contributed by atoms with van der Waals surface area (Å²) < 4.78 is 5.02. The second kappa shape index (κ2) is 4.06. The molecule has 68 valence electrons. The third kappa shape index (κ3) is 2.20. The molecule has 0 aliphatic carbocycles. The van der Waals surface area contributed by atoms with Crippen molar-refractivity contribution in [2.45, 2.75) is 13.0 Å². The average molecular weight is 172 g/mol. The van der Waals surface area contributed by atoms with Crippen molar-refractivity contribution < 1.29 is 14.3 Å². The molecule has 1 heterocycles. The van der Waals surface area contributed by atoms with Crippen LogP contribution in [0.1, 0.15) is 6.92 Å². The van der Waals surface area contributed by atoms with Crippen LogP contribution in [0.3, 0.4) is 0 Å². The molecule has 5 nitrogen and oxygen atoms in total. The normalized spacial score (nSPS) is 23.2. The molecule has 12 heavy (non-hydrogen) atoms. The van der Waals surface area contributed by atoms with E-state index in [2.05, 4.69) is 10.6 Å². The Morgan fingerprint density at radius 3 is 3.00 bits per heavy atom. The van der Waals surface area contributed by atoms with Crippen LogP contribution >= 0.6 is 0 Å². The summed E-state index contributed by atoms with van der Waals surface area (Å²) in [6, 6.07) is -0.522. The summed E-state index contributed by atoms with van der Waals surface area (Å²) in [7, 11) is 0. The molecule has 0 unspecified atom stereocenters. The van der Waals surface area contributed by atoms with Crippen LogP contribution in [-0.2, 0) is 14.3 Å². The van der Waals surface area contributed by atoms with Gasteiger partial charge in [0.25, 0.3) is 0 Å². The molecule has 1 rings (SSSR count). The Labute approximate surface area is 70.5 Å². The fourth-order valence-electron chi connectivity index (χ4n) is 0.955. The van der Waals surface area contributed by atoms with E-state index in [1.807, 2.05) is 6.92 Å². The van der Waals surface area contributed by atoms with Crippen LogP contribution in [0.5, 0.6) is 0 Å². The highest BCUT2D eigenvalue weighted by atomic mass is 16.5. The van der Waals surface area contributed by atoms with Crippen LogP contribution in [-0.4, -0.2) is 37.6 Å². The first kappa shape index (κ1) is 8.99. The zero-order chi connectivity index (χ0) is 8.97. The van der Waals surface area contributed by atoms with Crippen molar-refractivity contribution in [2.24, 2.45) is 0 Å². The van der Waals surface area contributed by atoms with E-state index in [-0.39, 0.29) is 25.0 Å². The van der Waals surface area contributed by atoms with Crippen LogP contribution in [0.4, 0.5) is 0 Å². The fourth-order valence-corrected chi connectivity index (χ4v) is 0.955. The monoisotopic (exact) mass is 172 g/mol. The van der Waals surface area contributed by atoms with Gasteiger partial charge in [0.1, 0.15) is 6.04 Å². The lowest BCUT2D eigenvalue weighted by Gasteiger charge is -2.22. The number of ether oxygens (including phenoxy) is 1. The van der Waals surface area contributed by atoms with Gasteiger partial charge in [0.15, 0.2) is 0 Å². The van der Waals surface area contributed by atoms with Gasteiger partial charge < -0.3 is 15.4 Å². The summed E-state index contributed by atoms with van der Waals surface area (Å²) in [6.45, 7) is 2.69. The SMILES string of the molecule is CCOC[C@H]1NC(=O)CNC1=O. The molecule has 2 amide bonds. The molecule has 1 atom stereocenters. The van der Waals surface area contributed by atoms with Gasteiger partial charge in [-0.05, 0) is 6.92 Å². The topological polar surface area (TPSA) is 67.4 Å². The zero-order valence-electron chi connectivity index (χ0n) is 6.92. The second-order valence-corrected chi connectivity index (χ2v) is 2.50. The summed E-state index contributed by atoms with van der Waals surface area (Å²) in [4.78, 5) is 21.8. The molecular weight excluding hydrogens is 160 g/mol. The highest BCUT2D eigenvalue weighted by molar-refractivity contribution is 5.94. The van der Waals surface area contributed by atoms with E-state index in [9.17, 15) is 9.59 Å². The minimum atomic E-state index is -0.522. The van der Waals surface area contributed by atoms with E-state index in [0.29, 0.717) is 6.61 Å². The minimum Gasteiger partial charge on any atom is -0.379 e. The summed E-state index contributed by atoms with van der Waals surface area (Å²) in [5.74, 6) is -0.345. The van der Waals surface area contributed by atoms with E-state index in [1.54, 1.807) is 0 Å². The number of carbonyl (C=O) groups is 2. The number of hydrogen-bond acceptors (Lipinski definition) is 3. The van der Waals surface area contributed by atoms with Gasteiger partial charge in [0.05, 0.1) is 13.2 Å². The number of hydrogen-bond donors (Lipinski definition) is 2. The van der Waals surface area contributed by atoms with Crippen LogP contribution in [0.25, 0.3) is 0 Å². The lowest BCUT2D eigenvalue weighted by molar-refractivity contribution is -0.135. The third-order valence-electron chi connectivity index (χ3n) is 1.56. The molecule has 1 fully saturated rings. The molecule has 1 aliphatic rings. The smallest absolute Gasteiger partial charge is 0.245 e. The van der Waals surface area contributed by atoms with E-state index in [0.717, 1.165) is 0 Å². The van der Waals surface area contributed by atoms with Gasteiger partial charge in [-0.3, -0.25) is 9.59 Å². The first-order valence-electron chi connectivity index (χ1n) is 3.89. The van der Waals surface area contributed by atoms with Crippen LogP contribution in [0, 0.1) is 0 Å². The molecule has 1 saturated heterocycles. The number of piperazine rings is 1. The predicted molar refractivity (Wildman–Crippen MR) is 41.4 cm³/mol. The molecule has 0 bridgehead atoms. The van der Waals surface area contributed by atoms with E-state index >= 15 is 0 Å². The number of nitrogens with one attached hydrogen (secondary N) is 2. The third-order valence-corrected chi connectivity index (χ3v) is 1.56. The molecule has 2 N–H and O–H groups in total. The molecule has 0 aromatic heterocycles. The molecule has 0 spiro atoms. The maximum Gasteiger partial charge on any atom is 0.245 e. The second-order valence-electron chi connectivity index (χ2n) is 2.50. The first-order chi connectivity index (χ1) is 5.74. The van der Waals surface area contributed by atoms with Crippen molar-refractivity contribution in [1.82, 2.24) is 10.6 Å². The Hall–Kier alpha value is -1.10. The summed E-state index contributed by atoms with van der Waals surface area (Å²) in [5, 5.41) is 4.98. The lowest BCUT2D eigenvalue weighted by atomic mass is 10.2. The quantitative estimate of drug-likeness (QED) is 0.552. The van der Waals surface area contributed by atoms with Gasteiger partial charge in [-0.1, -0.05) is 0 Å². The largest absolute Gasteiger partial charge is 0.379 e. The Morgan fingerprint density at radius 2 is 2.33 bits per heavy atom. The summed E-state index contributed by atoms with van der Waals surface area (Å²) >= 11 is 0. The first-order valence-corrected chi connectivity index (χ1v) is 3.89. The van der Waals surface area contributed by atoms with Crippen LogP contribution in [0.15, 0.2) is 0 Å². The lowest BCUT2D eigenvalue weighted by Crippen LogP contribution is -2.57. The fraction of sp³-hybridized carbons (Fsp3) is 0.714. The Balaban J connectivity index is 2.38. The molecule has 1 aliphatic heterocycles. The Kier molecular flexibility index (Phi) is 3.04. The standard InChI is InChI=1S/C7H12N2O3/c1-2-12-4-5-7(11)8-3-6(10)9-5/h5H,2-4H2,1H3,(H,8,11)(H,9,10)/t5-/m1/s1. The number of carbonyl (C=O) groups excluding carboxylic acids is 2. The molecule has 0 radical (unpaired) electrons. The van der Waals surface area contributed by atoms with Crippen molar-refractivity contribution >= 4 is 11.8 Å². The maximum absolute atomic E-state index is 11.0. The van der Waals surface area contributed by atoms with Crippen molar-refractivity contribution in [1.29, 1.82) is 0 Å². The predicted octanol–water partition coefficient (Wildman–Crippen LogP) is -1.36. The number of amides is 2. The molecule has 5 heteroatoms. The van der Waals surface area contributed by atoms with Crippen molar-refractivity contribution in [3.8, 4) is 0 Å². The Morgan fingerprint density at radius 1 is 1.58 bits per heavy atom. The molecular formula is C7H12N2O3. The Bertz CT molecular complexity index is 193. The minimum absolute atomic E-state index is 0.0709. The highest BCUT2D eigenvalue weighted by Gasteiger charge is 2.25. The maximum atomic E-state index is 11.0. The van der Waals surface area contributed by atoms with Crippen molar-refractivity contribution in [2.75, 3.05) is 19.8 Å². The molecule has 0 aromatic rings. The van der Waals surface area contributed by atoms with Gasteiger partial charge in [0, 0.05) is 6.61 Å². The number of rotatable bonds is 3. The van der Waals surface area contributed by atoms with Gasteiger partial charge in [-0.2, -0.15) is 0 Å². The van der Waals surface area contributed by atoms with Gasteiger partial charge in [-0.25, -0.2) is 0 Å². The van der Waals surface area contributed by atoms with Gasteiger partial charge >= 0.3 is 0 Å². The van der Waals surface area contributed by atoms with E-state index in [4.69, 9.17) is 4.74 Å². The highest BCUT2D eigenvalue weighted by Crippen LogP contribution is 1.91. The molecule has 0 aromatic carbocycles. The van der Waals surface area contributed by atoms with Gasteiger partial charge in [0.2, 0.25) is 11.8 Å². The summed E-state index contributed by atoms with van der Waals surface area (Å²) in [5.41, 5.74) is 0. The molecule has 0 saturated carbocycles. The average Bonchev–Trinajstić information content (AvgIpc) is 2.07. The summed E-state index contributed by atoms with van der Waals surface area (Å²) in [6.07, 6.45) is 0. The van der Waals surface area contributed by atoms with Crippen molar-refractivity contribution in [3.63, 3.8) is 0 Å². The van der Waals surface area contributed by atoms with Crippen LogP contribution < -0.4 is 10.6 Å².